The van der Waals surface area contributed by atoms with Crippen LogP contribution in [0.3, 0.4) is 0 Å². The minimum Gasteiger partial charge on any atom is -0.377 e. The molecule has 0 bridgehead atoms. The maximum Gasteiger partial charge on any atom is 0.0732 e. The van der Waals surface area contributed by atoms with Crippen molar-refractivity contribution in [3.63, 3.8) is 0 Å². The number of hydrogen-bond acceptors (Lipinski definition) is 2. The summed E-state index contributed by atoms with van der Waals surface area (Å²) in [6.07, 6.45) is 3.86. The van der Waals surface area contributed by atoms with Gasteiger partial charge in [0.25, 0.3) is 0 Å². The van der Waals surface area contributed by atoms with Crippen molar-refractivity contribution in [3.8, 4) is 0 Å². The molecule has 0 fully saturated rings. The number of hydrogen-bond donors (Lipinski definition) is 1. The summed E-state index contributed by atoms with van der Waals surface area (Å²) in [7, 11) is 0. The van der Waals surface area contributed by atoms with Crippen molar-refractivity contribution in [2.24, 2.45) is 5.41 Å². The number of ether oxygens (including phenoxy) is 1. The van der Waals surface area contributed by atoms with Gasteiger partial charge in [0, 0.05) is 12.6 Å². The van der Waals surface area contributed by atoms with Crippen LogP contribution in [0.25, 0.3) is 0 Å². The van der Waals surface area contributed by atoms with Gasteiger partial charge in [-0.3, -0.25) is 0 Å². The summed E-state index contributed by atoms with van der Waals surface area (Å²) in [6.45, 7) is 15.3. The molecule has 0 spiro atoms. The average Bonchev–Trinajstić information content (AvgIpc) is 2.17. The summed E-state index contributed by atoms with van der Waals surface area (Å²) in [5.41, 5.74) is 0.254. The molecule has 0 radical (unpaired) electrons. The highest BCUT2D eigenvalue weighted by molar-refractivity contribution is 4.87. The first-order valence-electron chi connectivity index (χ1n) is 6.82. The van der Waals surface area contributed by atoms with E-state index in [1.807, 2.05) is 0 Å². The van der Waals surface area contributed by atoms with Crippen LogP contribution in [0.1, 0.15) is 60.8 Å². The van der Waals surface area contributed by atoms with Gasteiger partial charge in [0.1, 0.15) is 0 Å². The predicted octanol–water partition coefficient (Wildman–Crippen LogP) is 3.61. The molecule has 98 valence electrons. The lowest BCUT2D eigenvalue weighted by molar-refractivity contribution is -0.00275. The van der Waals surface area contributed by atoms with Gasteiger partial charge in [-0.1, -0.05) is 41.0 Å². The van der Waals surface area contributed by atoms with E-state index in [1.54, 1.807) is 0 Å². The van der Waals surface area contributed by atoms with Gasteiger partial charge in [-0.15, -0.1) is 0 Å². The highest BCUT2D eigenvalue weighted by Gasteiger charge is 2.31. The zero-order chi connectivity index (χ0) is 12.6. The highest BCUT2D eigenvalue weighted by Crippen LogP contribution is 2.25. The Balaban J connectivity index is 4.53. The van der Waals surface area contributed by atoms with Crippen LogP contribution >= 0.6 is 0 Å². The van der Waals surface area contributed by atoms with E-state index in [2.05, 4.69) is 46.9 Å². The van der Waals surface area contributed by atoms with Crippen molar-refractivity contribution in [2.45, 2.75) is 73.0 Å². The minimum absolute atomic E-state index is 0.254. The van der Waals surface area contributed by atoms with Crippen LogP contribution < -0.4 is 5.32 Å². The molecule has 2 unspecified atom stereocenters. The van der Waals surface area contributed by atoms with Crippen molar-refractivity contribution in [2.75, 3.05) is 13.2 Å². The SMILES string of the molecule is CCCNC(C(CCC)OCC)C(C)(C)C. The Morgan fingerprint density at radius 3 is 2.06 bits per heavy atom. The molecule has 0 heterocycles. The summed E-state index contributed by atoms with van der Waals surface area (Å²) in [4.78, 5) is 0. The Bertz CT molecular complexity index is 157. The van der Waals surface area contributed by atoms with Crippen LogP contribution in [0.5, 0.6) is 0 Å². The summed E-state index contributed by atoms with van der Waals surface area (Å²) < 4.78 is 5.91. The largest absolute Gasteiger partial charge is 0.377 e. The standard InChI is InChI=1S/C14H31NO/c1-7-10-12(16-9-3)13(14(4,5)6)15-11-8-2/h12-13,15H,7-11H2,1-6H3. The molecular formula is C14H31NO. The molecule has 0 aromatic rings. The summed E-state index contributed by atoms with van der Waals surface area (Å²) in [5, 5.41) is 3.65. The van der Waals surface area contributed by atoms with Crippen LogP contribution in [-0.4, -0.2) is 25.3 Å². The molecule has 1 N–H and O–H groups in total. The normalized spacial score (nSPS) is 16.1. The summed E-state index contributed by atoms with van der Waals surface area (Å²) in [6, 6.07) is 0.451. The topological polar surface area (TPSA) is 21.3 Å². The van der Waals surface area contributed by atoms with E-state index >= 15 is 0 Å². The highest BCUT2D eigenvalue weighted by atomic mass is 16.5. The Hall–Kier alpha value is -0.0800. The second kappa shape index (κ2) is 8.08. The molecule has 0 aromatic carbocycles. The molecule has 0 amide bonds. The zero-order valence-electron chi connectivity index (χ0n) is 12.1. The monoisotopic (exact) mass is 229 g/mol. The van der Waals surface area contributed by atoms with Gasteiger partial charge in [-0.05, 0) is 31.7 Å². The number of nitrogens with one attached hydrogen (secondary N) is 1. The predicted molar refractivity (Wildman–Crippen MR) is 71.9 cm³/mol. The maximum atomic E-state index is 5.91. The third-order valence-corrected chi connectivity index (χ3v) is 2.87. The van der Waals surface area contributed by atoms with Crippen molar-refractivity contribution >= 4 is 0 Å². The molecular weight excluding hydrogens is 198 g/mol. The zero-order valence-corrected chi connectivity index (χ0v) is 12.1. The van der Waals surface area contributed by atoms with Gasteiger partial charge < -0.3 is 10.1 Å². The van der Waals surface area contributed by atoms with E-state index in [4.69, 9.17) is 4.74 Å². The van der Waals surface area contributed by atoms with Gasteiger partial charge in [-0.25, -0.2) is 0 Å². The van der Waals surface area contributed by atoms with Gasteiger partial charge in [-0.2, -0.15) is 0 Å². The van der Waals surface area contributed by atoms with Crippen LogP contribution in [0.4, 0.5) is 0 Å². The van der Waals surface area contributed by atoms with Gasteiger partial charge in [0.15, 0.2) is 0 Å². The van der Waals surface area contributed by atoms with Gasteiger partial charge in [0.05, 0.1) is 6.10 Å². The van der Waals surface area contributed by atoms with E-state index < -0.39 is 0 Å². The molecule has 16 heavy (non-hydrogen) atoms. The Morgan fingerprint density at radius 1 is 1.06 bits per heavy atom. The molecule has 0 aromatic heterocycles. The molecule has 2 heteroatoms. The first kappa shape index (κ1) is 15.9. The van der Waals surface area contributed by atoms with E-state index in [0.717, 1.165) is 19.6 Å². The third kappa shape index (κ3) is 5.86. The fourth-order valence-electron chi connectivity index (χ4n) is 2.14. The van der Waals surface area contributed by atoms with Crippen LogP contribution in [0.15, 0.2) is 0 Å². The van der Waals surface area contributed by atoms with E-state index in [1.165, 1.54) is 12.8 Å². The maximum absolute atomic E-state index is 5.91. The second-order valence-corrected chi connectivity index (χ2v) is 5.58. The van der Waals surface area contributed by atoms with Crippen molar-refractivity contribution in [1.29, 1.82) is 0 Å². The van der Waals surface area contributed by atoms with E-state index in [-0.39, 0.29) is 5.41 Å². The lowest BCUT2D eigenvalue weighted by Crippen LogP contribution is -2.50. The van der Waals surface area contributed by atoms with Crippen molar-refractivity contribution in [3.05, 3.63) is 0 Å². The molecule has 2 nitrogen and oxygen atoms in total. The van der Waals surface area contributed by atoms with Crippen LogP contribution in [0, 0.1) is 5.41 Å². The van der Waals surface area contributed by atoms with Crippen LogP contribution in [-0.2, 0) is 4.74 Å². The van der Waals surface area contributed by atoms with E-state index in [0.29, 0.717) is 12.1 Å². The van der Waals surface area contributed by atoms with E-state index in [9.17, 15) is 0 Å². The minimum atomic E-state index is 0.254. The molecule has 2 atom stereocenters. The fraction of sp³-hybridized carbons (Fsp3) is 1.00. The smallest absolute Gasteiger partial charge is 0.0732 e. The van der Waals surface area contributed by atoms with Crippen molar-refractivity contribution < 1.29 is 4.74 Å². The first-order valence-corrected chi connectivity index (χ1v) is 6.82. The second-order valence-electron chi connectivity index (χ2n) is 5.58. The molecule has 0 saturated carbocycles. The molecule has 0 aliphatic carbocycles. The quantitative estimate of drug-likeness (QED) is 0.686. The average molecular weight is 229 g/mol. The Labute approximate surface area is 102 Å². The van der Waals surface area contributed by atoms with Crippen LogP contribution in [0.2, 0.25) is 0 Å². The van der Waals surface area contributed by atoms with Gasteiger partial charge >= 0.3 is 0 Å². The third-order valence-electron chi connectivity index (χ3n) is 2.87. The first-order chi connectivity index (χ1) is 7.47. The Morgan fingerprint density at radius 2 is 1.69 bits per heavy atom. The molecule has 0 aliphatic rings. The molecule has 0 saturated heterocycles. The fourth-order valence-corrected chi connectivity index (χ4v) is 2.14. The summed E-state index contributed by atoms with van der Waals surface area (Å²) in [5.74, 6) is 0. The lowest BCUT2D eigenvalue weighted by atomic mass is 9.82. The van der Waals surface area contributed by atoms with Gasteiger partial charge in [0.2, 0.25) is 0 Å². The molecule has 0 rings (SSSR count). The lowest BCUT2D eigenvalue weighted by Gasteiger charge is -2.37. The summed E-state index contributed by atoms with van der Waals surface area (Å²) >= 11 is 0. The van der Waals surface area contributed by atoms with Crippen molar-refractivity contribution in [1.82, 2.24) is 5.32 Å². The number of rotatable bonds is 8. The Kier molecular flexibility index (Phi) is 8.04. The molecule has 0 aliphatic heterocycles.